The molecule has 5 rings (SSSR count). The Hall–Kier alpha value is -3.61. The number of benzene rings is 2. The zero-order valence-corrected chi connectivity index (χ0v) is 22.5. The van der Waals surface area contributed by atoms with Gasteiger partial charge in [0.2, 0.25) is 5.75 Å². The molecular formula is C27H28ClF3N6O3. The summed E-state index contributed by atoms with van der Waals surface area (Å²) in [6.07, 6.45) is -3.30. The quantitative estimate of drug-likeness (QED) is 0.400. The summed E-state index contributed by atoms with van der Waals surface area (Å²) >= 11 is 6.30. The normalized spacial score (nSPS) is 16.0. The average molecular weight is 577 g/mol. The lowest BCUT2D eigenvalue weighted by atomic mass is 10.0. The predicted molar refractivity (Wildman–Crippen MR) is 144 cm³/mol. The smallest absolute Gasteiger partial charge is 0.416 e. The summed E-state index contributed by atoms with van der Waals surface area (Å²) in [4.78, 5) is 25.5. The summed E-state index contributed by atoms with van der Waals surface area (Å²) in [5.41, 5.74) is -0.521. The zero-order valence-electron chi connectivity index (χ0n) is 21.7. The van der Waals surface area contributed by atoms with Crippen LogP contribution in [0, 0.1) is 0 Å². The highest BCUT2D eigenvalue weighted by Gasteiger charge is 2.34. The van der Waals surface area contributed by atoms with E-state index in [1.807, 2.05) is 4.90 Å². The number of aromatic nitrogens is 2. The van der Waals surface area contributed by atoms with Crippen LogP contribution < -0.4 is 20.1 Å². The molecule has 1 saturated heterocycles. The van der Waals surface area contributed by atoms with Crippen LogP contribution in [0.25, 0.3) is 0 Å². The van der Waals surface area contributed by atoms with E-state index in [1.54, 1.807) is 0 Å². The molecule has 2 N–H and O–H groups in total. The number of nitrogens with zero attached hydrogens (tertiary/aromatic N) is 4. The first-order valence-electron chi connectivity index (χ1n) is 12.9. The highest BCUT2D eigenvalue weighted by atomic mass is 35.5. The highest BCUT2D eigenvalue weighted by molar-refractivity contribution is 6.32. The molecule has 0 atom stereocenters. The molecule has 0 saturated carbocycles. The van der Waals surface area contributed by atoms with Crippen LogP contribution in [0.1, 0.15) is 28.4 Å². The first-order chi connectivity index (χ1) is 19.2. The van der Waals surface area contributed by atoms with Crippen molar-refractivity contribution in [2.75, 3.05) is 56.5 Å². The van der Waals surface area contributed by atoms with Crippen molar-refractivity contribution in [1.29, 1.82) is 0 Å². The van der Waals surface area contributed by atoms with Crippen LogP contribution in [-0.4, -0.2) is 71.6 Å². The molecule has 13 heteroatoms. The maximum atomic E-state index is 14.0. The van der Waals surface area contributed by atoms with Gasteiger partial charge < -0.3 is 25.0 Å². The number of nitrogens with one attached hydrogen (secondary N) is 2. The number of ether oxygens (including phenoxy) is 2. The van der Waals surface area contributed by atoms with Gasteiger partial charge in [0.25, 0.3) is 11.8 Å². The largest absolute Gasteiger partial charge is 0.483 e. The number of piperazine rings is 1. The van der Waals surface area contributed by atoms with Crippen molar-refractivity contribution in [3.8, 4) is 17.4 Å². The zero-order chi connectivity index (χ0) is 28.3. The minimum Gasteiger partial charge on any atom is -0.483 e. The van der Waals surface area contributed by atoms with Gasteiger partial charge in [0.1, 0.15) is 18.7 Å². The van der Waals surface area contributed by atoms with Gasteiger partial charge in [-0.1, -0.05) is 24.6 Å². The second-order valence-corrected chi connectivity index (χ2v) is 9.82. The standard InChI is InChI=1S/C27H28ClF3N6O3/c1-2-36-8-10-37(11-9-36)15-18-4-3-17(13-20(18)27(29,30)31)25(38)35-19-5-6-21(28)22(14-19)40-26-23-24(33-16-34-26)32-7-12-39-23/h3-6,13-14,16H,2,7-12,15H2,1H3,(H,35,38)(H,32,33,34). The monoisotopic (exact) mass is 576 g/mol. The summed E-state index contributed by atoms with van der Waals surface area (Å²) in [5, 5.41) is 5.94. The minimum atomic E-state index is -4.61. The number of halogens is 4. The van der Waals surface area contributed by atoms with Gasteiger partial charge in [-0.3, -0.25) is 9.69 Å². The van der Waals surface area contributed by atoms with E-state index in [0.717, 1.165) is 25.7 Å². The van der Waals surface area contributed by atoms with Gasteiger partial charge in [-0.25, -0.2) is 4.98 Å². The Morgan fingerprint density at radius 2 is 1.90 bits per heavy atom. The maximum absolute atomic E-state index is 14.0. The fourth-order valence-corrected chi connectivity index (χ4v) is 4.76. The Bertz CT molecular complexity index is 1380. The fourth-order valence-electron chi connectivity index (χ4n) is 4.60. The lowest BCUT2D eigenvalue weighted by molar-refractivity contribution is -0.138. The lowest BCUT2D eigenvalue weighted by Gasteiger charge is -2.34. The van der Waals surface area contributed by atoms with E-state index in [2.05, 4.69) is 32.4 Å². The van der Waals surface area contributed by atoms with Gasteiger partial charge in [-0.2, -0.15) is 18.2 Å². The molecule has 2 aliphatic heterocycles. The molecule has 0 bridgehead atoms. The number of hydrogen-bond donors (Lipinski definition) is 2. The van der Waals surface area contributed by atoms with Crippen molar-refractivity contribution >= 4 is 29.0 Å². The van der Waals surface area contributed by atoms with Crippen LogP contribution in [0.2, 0.25) is 5.02 Å². The molecular weight excluding hydrogens is 549 g/mol. The number of likely N-dealkylation sites (N-methyl/N-ethyl adjacent to an activating group) is 1. The first-order valence-corrected chi connectivity index (χ1v) is 13.2. The number of alkyl halides is 3. The predicted octanol–water partition coefficient (Wildman–Crippen LogP) is 5.14. The SMILES string of the molecule is CCN1CCN(Cc2ccc(C(=O)Nc3ccc(Cl)c(Oc4ncnc5c4OCCN5)c3)cc2C(F)(F)F)CC1. The molecule has 2 aromatic carbocycles. The lowest BCUT2D eigenvalue weighted by Crippen LogP contribution is -2.45. The molecule has 0 aliphatic carbocycles. The van der Waals surface area contributed by atoms with Crippen LogP contribution >= 0.6 is 11.6 Å². The first kappa shape index (κ1) is 27.9. The van der Waals surface area contributed by atoms with E-state index in [4.69, 9.17) is 21.1 Å². The van der Waals surface area contributed by atoms with E-state index in [9.17, 15) is 18.0 Å². The van der Waals surface area contributed by atoms with E-state index in [-0.39, 0.29) is 40.0 Å². The molecule has 1 amide bonds. The summed E-state index contributed by atoms with van der Waals surface area (Å²) in [5.74, 6) is 0.400. The van der Waals surface area contributed by atoms with Crippen LogP contribution in [0.4, 0.5) is 24.7 Å². The number of amides is 1. The van der Waals surface area contributed by atoms with Gasteiger partial charge >= 0.3 is 6.18 Å². The van der Waals surface area contributed by atoms with Crippen molar-refractivity contribution < 1.29 is 27.4 Å². The average Bonchev–Trinajstić information content (AvgIpc) is 2.95. The van der Waals surface area contributed by atoms with E-state index in [0.29, 0.717) is 37.8 Å². The summed E-state index contributed by atoms with van der Waals surface area (Å²) in [6, 6.07) is 8.18. The van der Waals surface area contributed by atoms with Crippen LogP contribution in [0.5, 0.6) is 17.4 Å². The number of hydrogen-bond acceptors (Lipinski definition) is 8. The molecule has 212 valence electrons. The molecule has 40 heavy (non-hydrogen) atoms. The number of carbonyl (C=O) groups is 1. The van der Waals surface area contributed by atoms with Crippen molar-refractivity contribution in [2.24, 2.45) is 0 Å². The Morgan fingerprint density at radius 3 is 2.65 bits per heavy atom. The molecule has 3 aromatic rings. The summed E-state index contributed by atoms with van der Waals surface area (Å²) < 4.78 is 53.4. The molecule has 2 aliphatic rings. The second kappa shape index (κ2) is 11.9. The van der Waals surface area contributed by atoms with Crippen molar-refractivity contribution in [3.63, 3.8) is 0 Å². The molecule has 9 nitrogen and oxygen atoms in total. The van der Waals surface area contributed by atoms with Gasteiger partial charge in [0, 0.05) is 50.0 Å². The van der Waals surface area contributed by atoms with Crippen molar-refractivity contribution in [1.82, 2.24) is 19.8 Å². The number of rotatable bonds is 7. The van der Waals surface area contributed by atoms with Crippen LogP contribution in [0.3, 0.4) is 0 Å². The van der Waals surface area contributed by atoms with E-state index >= 15 is 0 Å². The third-order valence-corrected chi connectivity index (χ3v) is 7.10. The van der Waals surface area contributed by atoms with Crippen LogP contribution in [-0.2, 0) is 12.7 Å². The molecule has 0 radical (unpaired) electrons. The van der Waals surface area contributed by atoms with Gasteiger partial charge in [0.05, 0.1) is 17.1 Å². The van der Waals surface area contributed by atoms with E-state index < -0.39 is 17.6 Å². The third kappa shape index (κ3) is 6.40. The van der Waals surface area contributed by atoms with Gasteiger partial charge in [-0.05, 0) is 36.4 Å². The van der Waals surface area contributed by atoms with Crippen LogP contribution in [0.15, 0.2) is 42.7 Å². The molecule has 3 heterocycles. The molecule has 1 fully saturated rings. The third-order valence-electron chi connectivity index (χ3n) is 6.79. The van der Waals surface area contributed by atoms with Gasteiger partial charge in [-0.15, -0.1) is 0 Å². The highest BCUT2D eigenvalue weighted by Crippen LogP contribution is 2.39. The molecule has 0 spiro atoms. The number of fused-ring (bicyclic) bond motifs is 1. The minimum absolute atomic E-state index is 0.117. The molecule has 1 aromatic heterocycles. The number of carbonyl (C=O) groups excluding carboxylic acids is 1. The maximum Gasteiger partial charge on any atom is 0.416 e. The second-order valence-electron chi connectivity index (χ2n) is 9.41. The van der Waals surface area contributed by atoms with Crippen molar-refractivity contribution in [3.05, 3.63) is 64.4 Å². The topological polar surface area (TPSA) is 91.9 Å². The molecule has 0 unspecified atom stereocenters. The Morgan fingerprint density at radius 1 is 1.12 bits per heavy atom. The summed E-state index contributed by atoms with van der Waals surface area (Å²) in [7, 11) is 0. The number of anilines is 2. The summed E-state index contributed by atoms with van der Waals surface area (Å²) in [6.45, 7) is 7.14. The van der Waals surface area contributed by atoms with E-state index in [1.165, 1.54) is 36.7 Å². The Labute approximate surface area is 234 Å². The Balaban J connectivity index is 1.32. The fraction of sp³-hybridized carbons (Fsp3) is 0.370. The van der Waals surface area contributed by atoms with Crippen molar-refractivity contribution in [2.45, 2.75) is 19.6 Å². The van der Waals surface area contributed by atoms with Gasteiger partial charge in [0.15, 0.2) is 5.82 Å². The Kier molecular flexibility index (Phi) is 8.29.